The van der Waals surface area contributed by atoms with Gasteiger partial charge in [-0.05, 0) is 38.4 Å². The molecule has 0 aromatic carbocycles. The number of hydrogen-bond acceptors (Lipinski definition) is 6. The van der Waals surface area contributed by atoms with E-state index in [1.54, 1.807) is 23.6 Å². The van der Waals surface area contributed by atoms with Crippen LogP contribution >= 0.6 is 11.3 Å². The van der Waals surface area contributed by atoms with Gasteiger partial charge in [0.05, 0.1) is 11.2 Å². The van der Waals surface area contributed by atoms with E-state index in [2.05, 4.69) is 33.7 Å². The summed E-state index contributed by atoms with van der Waals surface area (Å²) in [6, 6.07) is 3.55. The second-order valence-corrected chi connectivity index (χ2v) is 7.30. The van der Waals surface area contributed by atoms with Crippen LogP contribution in [0.25, 0.3) is 0 Å². The first-order valence-corrected chi connectivity index (χ1v) is 8.92. The van der Waals surface area contributed by atoms with E-state index < -0.39 is 5.97 Å². The summed E-state index contributed by atoms with van der Waals surface area (Å²) in [5, 5.41) is 9.08. The average Bonchev–Trinajstić information content (AvgIpc) is 3.17. The molecular formula is C17H22N4O2S. The predicted molar refractivity (Wildman–Crippen MR) is 94.7 cm³/mol. The van der Waals surface area contributed by atoms with Crippen LogP contribution in [0.2, 0.25) is 0 Å². The number of aromatic nitrogens is 2. The molecular weight excluding hydrogens is 324 g/mol. The van der Waals surface area contributed by atoms with Gasteiger partial charge in [0.2, 0.25) is 0 Å². The second-order valence-electron chi connectivity index (χ2n) is 6.36. The summed E-state index contributed by atoms with van der Waals surface area (Å²) in [7, 11) is 2.15. The largest absolute Gasteiger partial charge is 0.477 e. The predicted octanol–water partition coefficient (Wildman–Crippen LogP) is 2.50. The van der Waals surface area contributed by atoms with Crippen molar-refractivity contribution in [2.24, 2.45) is 5.92 Å². The normalized spacial score (nSPS) is 17.6. The highest BCUT2D eigenvalue weighted by molar-refractivity contribution is 7.09. The van der Waals surface area contributed by atoms with Crippen LogP contribution in [-0.2, 0) is 6.54 Å². The van der Waals surface area contributed by atoms with E-state index in [1.165, 1.54) is 4.88 Å². The van der Waals surface area contributed by atoms with E-state index in [9.17, 15) is 4.79 Å². The van der Waals surface area contributed by atoms with Gasteiger partial charge in [0.25, 0.3) is 0 Å². The van der Waals surface area contributed by atoms with Crippen molar-refractivity contribution < 1.29 is 9.90 Å². The van der Waals surface area contributed by atoms with Gasteiger partial charge < -0.3 is 14.9 Å². The van der Waals surface area contributed by atoms with Crippen LogP contribution < -0.4 is 4.90 Å². The van der Waals surface area contributed by atoms with Crippen molar-refractivity contribution in [2.75, 3.05) is 31.6 Å². The lowest BCUT2D eigenvalue weighted by Crippen LogP contribution is -2.28. The zero-order valence-electron chi connectivity index (χ0n) is 14.0. The standard InChI is InChI=1S/C17H22N4O2S/c1-12-16(24-11-19-12)10-20(2)8-13-4-6-21(9-13)14-3-5-18-15(7-14)17(22)23/h3,5,7,11,13H,4,6,8-10H2,1-2H3,(H,22,23). The summed E-state index contributed by atoms with van der Waals surface area (Å²) in [5.74, 6) is -0.392. The number of rotatable bonds is 6. The maximum Gasteiger partial charge on any atom is 0.354 e. The number of carbonyl (C=O) groups is 1. The number of pyridine rings is 1. The van der Waals surface area contributed by atoms with E-state index in [0.29, 0.717) is 5.92 Å². The Morgan fingerprint density at radius 2 is 2.33 bits per heavy atom. The van der Waals surface area contributed by atoms with Gasteiger partial charge >= 0.3 is 5.97 Å². The van der Waals surface area contributed by atoms with Crippen molar-refractivity contribution in [3.63, 3.8) is 0 Å². The summed E-state index contributed by atoms with van der Waals surface area (Å²) >= 11 is 1.71. The lowest BCUT2D eigenvalue weighted by atomic mass is 10.1. The molecule has 1 aliphatic rings. The number of thiazole rings is 1. The summed E-state index contributed by atoms with van der Waals surface area (Å²) in [6.07, 6.45) is 2.70. The maximum atomic E-state index is 11.1. The summed E-state index contributed by atoms with van der Waals surface area (Å²) in [4.78, 5) is 25.2. The molecule has 1 saturated heterocycles. The molecule has 6 nitrogen and oxygen atoms in total. The van der Waals surface area contributed by atoms with Crippen molar-refractivity contribution >= 4 is 23.0 Å². The Kier molecular flexibility index (Phi) is 5.11. The zero-order chi connectivity index (χ0) is 17.1. The monoisotopic (exact) mass is 346 g/mol. The molecule has 7 heteroatoms. The van der Waals surface area contributed by atoms with Gasteiger partial charge in [-0.15, -0.1) is 11.3 Å². The third-order valence-electron chi connectivity index (χ3n) is 4.44. The first-order chi connectivity index (χ1) is 11.5. The topological polar surface area (TPSA) is 69.6 Å². The van der Waals surface area contributed by atoms with Crippen LogP contribution in [0.1, 0.15) is 27.5 Å². The molecule has 0 saturated carbocycles. The van der Waals surface area contributed by atoms with Gasteiger partial charge in [-0.3, -0.25) is 0 Å². The fourth-order valence-electron chi connectivity index (χ4n) is 3.18. The highest BCUT2D eigenvalue weighted by Crippen LogP contribution is 2.25. The van der Waals surface area contributed by atoms with E-state index in [4.69, 9.17) is 5.11 Å². The molecule has 128 valence electrons. The maximum absolute atomic E-state index is 11.1. The molecule has 24 heavy (non-hydrogen) atoms. The van der Waals surface area contributed by atoms with Gasteiger partial charge in [-0.1, -0.05) is 0 Å². The van der Waals surface area contributed by atoms with E-state index >= 15 is 0 Å². The number of hydrogen-bond donors (Lipinski definition) is 1. The van der Waals surface area contributed by atoms with Crippen molar-refractivity contribution in [3.8, 4) is 0 Å². The number of aromatic carboxylic acids is 1. The molecule has 2 aromatic rings. The van der Waals surface area contributed by atoms with E-state index in [0.717, 1.165) is 44.0 Å². The molecule has 1 N–H and O–H groups in total. The Labute approximate surface area is 145 Å². The molecule has 0 aliphatic carbocycles. The third-order valence-corrected chi connectivity index (χ3v) is 5.36. The van der Waals surface area contributed by atoms with E-state index in [-0.39, 0.29) is 5.69 Å². The number of carboxylic acids is 1. The van der Waals surface area contributed by atoms with Crippen LogP contribution in [-0.4, -0.2) is 52.6 Å². The fraction of sp³-hybridized carbons (Fsp3) is 0.471. The Morgan fingerprint density at radius 1 is 1.50 bits per heavy atom. The third kappa shape index (κ3) is 3.91. The second kappa shape index (κ2) is 7.27. The van der Waals surface area contributed by atoms with Crippen molar-refractivity contribution in [2.45, 2.75) is 19.9 Å². The molecule has 2 aromatic heterocycles. The van der Waals surface area contributed by atoms with Crippen LogP contribution in [0.4, 0.5) is 5.69 Å². The van der Waals surface area contributed by atoms with Crippen LogP contribution in [0.15, 0.2) is 23.8 Å². The first kappa shape index (κ1) is 16.9. The SMILES string of the molecule is Cc1ncsc1CN(C)CC1CCN(c2ccnc(C(=O)O)c2)C1. The molecule has 0 radical (unpaired) electrons. The Hall–Kier alpha value is -1.99. The van der Waals surface area contributed by atoms with Crippen molar-refractivity contribution in [3.05, 3.63) is 40.1 Å². The van der Waals surface area contributed by atoms with Gasteiger partial charge in [-0.2, -0.15) is 0 Å². The highest BCUT2D eigenvalue weighted by Gasteiger charge is 2.24. The van der Waals surface area contributed by atoms with E-state index in [1.807, 2.05) is 11.6 Å². The smallest absolute Gasteiger partial charge is 0.354 e. The van der Waals surface area contributed by atoms with Crippen LogP contribution in [0.3, 0.4) is 0 Å². The summed E-state index contributed by atoms with van der Waals surface area (Å²) in [6.45, 7) is 5.94. The van der Waals surface area contributed by atoms with Crippen LogP contribution in [0, 0.1) is 12.8 Å². The molecule has 0 spiro atoms. The number of aryl methyl sites for hydroxylation is 1. The Bertz CT molecular complexity index is 718. The molecule has 1 fully saturated rings. The number of anilines is 1. The average molecular weight is 346 g/mol. The summed E-state index contributed by atoms with van der Waals surface area (Å²) in [5.41, 5.74) is 4.08. The Morgan fingerprint density at radius 3 is 3.04 bits per heavy atom. The van der Waals surface area contributed by atoms with Gasteiger partial charge in [-0.25, -0.2) is 14.8 Å². The number of carboxylic acid groups (broad SMARTS) is 1. The van der Waals surface area contributed by atoms with Crippen molar-refractivity contribution in [1.29, 1.82) is 0 Å². The molecule has 3 rings (SSSR count). The molecule has 3 heterocycles. The minimum absolute atomic E-state index is 0.105. The van der Waals surface area contributed by atoms with Gasteiger partial charge in [0.15, 0.2) is 0 Å². The first-order valence-electron chi connectivity index (χ1n) is 8.04. The quantitative estimate of drug-likeness (QED) is 0.867. The van der Waals surface area contributed by atoms with Gasteiger partial charge in [0.1, 0.15) is 5.69 Å². The summed E-state index contributed by atoms with van der Waals surface area (Å²) < 4.78 is 0. The molecule has 1 atom stereocenters. The lowest BCUT2D eigenvalue weighted by molar-refractivity contribution is 0.0690. The number of nitrogens with zero attached hydrogens (tertiary/aromatic N) is 4. The van der Waals surface area contributed by atoms with Crippen molar-refractivity contribution in [1.82, 2.24) is 14.9 Å². The van der Waals surface area contributed by atoms with Crippen LogP contribution in [0.5, 0.6) is 0 Å². The fourth-order valence-corrected chi connectivity index (χ4v) is 4.03. The highest BCUT2D eigenvalue weighted by atomic mass is 32.1. The molecule has 0 bridgehead atoms. The minimum atomic E-state index is -0.979. The molecule has 1 aliphatic heterocycles. The minimum Gasteiger partial charge on any atom is -0.477 e. The van der Waals surface area contributed by atoms with Gasteiger partial charge in [0, 0.05) is 42.9 Å². The Balaban J connectivity index is 1.56. The zero-order valence-corrected chi connectivity index (χ0v) is 14.8. The molecule has 1 unspecified atom stereocenters. The lowest BCUT2D eigenvalue weighted by Gasteiger charge is -2.22. The molecule has 0 amide bonds.